The van der Waals surface area contributed by atoms with Crippen LogP contribution in [0.4, 0.5) is 19.0 Å². The van der Waals surface area contributed by atoms with Gasteiger partial charge in [-0.3, -0.25) is 4.99 Å². The second-order valence-corrected chi connectivity index (χ2v) is 4.12. The predicted molar refractivity (Wildman–Crippen MR) is 92.8 cm³/mol. The molecule has 0 unspecified atom stereocenters. The highest BCUT2D eigenvalue weighted by atomic mass is 127. The number of nitrogens with one attached hydrogen (secondary N) is 3. The van der Waals surface area contributed by atoms with E-state index in [-0.39, 0.29) is 36.3 Å². The van der Waals surface area contributed by atoms with Crippen molar-refractivity contribution in [2.75, 3.05) is 31.5 Å². The van der Waals surface area contributed by atoms with Crippen LogP contribution in [0.5, 0.6) is 0 Å². The van der Waals surface area contributed by atoms with Crippen LogP contribution in [0.1, 0.15) is 19.4 Å². The van der Waals surface area contributed by atoms with E-state index in [0.717, 1.165) is 19.2 Å². The van der Waals surface area contributed by atoms with Gasteiger partial charge in [0.1, 0.15) is 5.82 Å². The Hall–Kier alpha value is -1.26. The van der Waals surface area contributed by atoms with Gasteiger partial charge in [-0.2, -0.15) is 13.2 Å². The highest BCUT2D eigenvalue weighted by Crippen LogP contribution is 2.33. The molecule has 1 aromatic rings. The van der Waals surface area contributed by atoms with Gasteiger partial charge in [0.15, 0.2) is 5.96 Å². The minimum Gasteiger partial charge on any atom is -0.368 e. The molecule has 1 aromatic heterocycles. The lowest BCUT2D eigenvalue weighted by atomic mass is 10.2. The van der Waals surface area contributed by atoms with Crippen molar-refractivity contribution in [1.29, 1.82) is 0 Å². The number of aromatic nitrogens is 1. The molecule has 1 rings (SSSR count). The van der Waals surface area contributed by atoms with E-state index in [1.807, 2.05) is 13.8 Å². The fourth-order valence-corrected chi connectivity index (χ4v) is 1.63. The molecule has 0 aliphatic carbocycles. The van der Waals surface area contributed by atoms with Crippen molar-refractivity contribution in [1.82, 2.24) is 15.6 Å². The van der Waals surface area contributed by atoms with E-state index >= 15 is 0 Å². The molecular weight excluding hydrogens is 410 g/mol. The number of hydrogen-bond acceptors (Lipinski definition) is 3. The molecule has 1 heterocycles. The molecule has 3 N–H and O–H groups in total. The topological polar surface area (TPSA) is 61.3 Å². The van der Waals surface area contributed by atoms with Crippen molar-refractivity contribution in [3.8, 4) is 0 Å². The number of pyridine rings is 1. The zero-order valence-corrected chi connectivity index (χ0v) is 14.8. The average Bonchev–Trinajstić information content (AvgIpc) is 2.43. The molecule has 126 valence electrons. The van der Waals surface area contributed by atoms with Crippen LogP contribution in [-0.2, 0) is 6.18 Å². The van der Waals surface area contributed by atoms with Crippen LogP contribution in [0, 0.1) is 0 Å². The smallest absolute Gasteiger partial charge is 0.368 e. The van der Waals surface area contributed by atoms with Gasteiger partial charge in [0.05, 0.1) is 12.1 Å². The van der Waals surface area contributed by atoms with Gasteiger partial charge in [-0.1, -0.05) is 0 Å². The third-order valence-electron chi connectivity index (χ3n) is 2.48. The monoisotopic (exact) mass is 431 g/mol. The summed E-state index contributed by atoms with van der Waals surface area (Å²) in [5.41, 5.74) is -0.771. The van der Waals surface area contributed by atoms with Gasteiger partial charge < -0.3 is 16.0 Å². The Balaban J connectivity index is 0.00000441. The second kappa shape index (κ2) is 10.5. The maximum Gasteiger partial charge on any atom is 0.419 e. The number of guanidine groups is 1. The van der Waals surface area contributed by atoms with Crippen LogP contribution in [-0.4, -0.2) is 37.1 Å². The Morgan fingerprint density at radius 3 is 2.41 bits per heavy atom. The highest BCUT2D eigenvalue weighted by molar-refractivity contribution is 14.0. The number of hydrogen-bond donors (Lipinski definition) is 3. The van der Waals surface area contributed by atoms with Gasteiger partial charge in [0.2, 0.25) is 0 Å². The minimum atomic E-state index is -4.42. The minimum absolute atomic E-state index is 0. The van der Waals surface area contributed by atoms with E-state index in [1.165, 1.54) is 12.3 Å². The molecule has 9 heteroatoms. The SMILES string of the molecule is CCNC(=NCCNc1ncccc1C(F)(F)F)NCC.I. The fraction of sp³-hybridized carbons (Fsp3) is 0.538. The molecule has 5 nitrogen and oxygen atoms in total. The van der Waals surface area contributed by atoms with E-state index in [2.05, 4.69) is 25.9 Å². The summed E-state index contributed by atoms with van der Waals surface area (Å²) in [6.45, 7) is 5.92. The van der Waals surface area contributed by atoms with Gasteiger partial charge in [0, 0.05) is 25.8 Å². The molecule has 0 aliphatic rings. The Morgan fingerprint density at radius 2 is 1.86 bits per heavy atom. The van der Waals surface area contributed by atoms with Crippen LogP contribution < -0.4 is 16.0 Å². The van der Waals surface area contributed by atoms with E-state index in [4.69, 9.17) is 0 Å². The summed E-state index contributed by atoms with van der Waals surface area (Å²) < 4.78 is 38.3. The van der Waals surface area contributed by atoms with E-state index in [1.54, 1.807) is 0 Å². The van der Waals surface area contributed by atoms with Gasteiger partial charge in [-0.05, 0) is 26.0 Å². The number of anilines is 1. The molecule has 22 heavy (non-hydrogen) atoms. The zero-order valence-electron chi connectivity index (χ0n) is 12.5. The second-order valence-electron chi connectivity index (χ2n) is 4.12. The molecule has 0 atom stereocenters. The summed E-state index contributed by atoms with van der Waals surface area (Å²) in [5, 5.41) is 8.73. The first-order valence-electron chi connectivity index (χ1n) is 6.77. The van der Waals surface area contributed by atoms with Gasteiger partial charge in [-0.25, -0.2) is 4.98 Å². The maximum atomic E-state index is 12.8. The van der Waals surface area contributed by atoms with Gasteiger partial charge in [-0.15, -0.1) is 24.0 Å². The molecule has 0 bridgehead atoms. The molecule has 0 fully saturated rings. The first-order valence-corrected chi connectivity index (χ1v) is 6.77. The maximum absolute atomic E-state index is 12.8. The Morgan fingerprint density at radius 1 is 1.23 bits per heavy atom. The van der Waals surface area contributed by atoms with E-state index in [0.29, 0.717) is 12.5 Å². The first kappa shape index (κ1) is 20.7. The van der Waals surface area contributed by atoms with Crippen molar-refractivity contribution in [3.63, 3.8) is 0 Å². The summed E-state index contributed by atoms with van der Waals surface area (Å²) >= 11 is 0. The summed E-state index contributed by atoms with van der Waals surface area (Å²) in [6.07, 6.45) is -3.10. The Kier molecular flexibility index (Phi) is 9.86. The fourth-order valence-electron chi connectivity index (χ4n) is 1.63. The van der Waals surface area contributed by atoms with Crippen molar-refractivity contribution >= 4 is 35.8 Å². The summed E-state index contributed by atoms with van der Waals surface area (Å²) in [5.74, 6) is 0.465. The summed E-state index contributed by atoms with van der Waals surface area (Å²) in [7, 11) is 0. The average molecular weight is 431 g/mol. The van der Waals surface area contributed by atoms with Crippen LogP contribution in [0.3, 0.4) is 0 Å². The zero-order chi connectivity index (χ0) is 15.7. The molecule has 0 saturated carbocycles. The van der Waals surface area contributed by atoms with Crippen molar-refractivity contribution in [2.24, 2.45) is 4.99 Å². The molecule has 0 aromatic carbocycles. The lowest BCUT2D eigenvalue weighted by Crippen LogP contribution is -2.37. The van der Waals surface area contributed by atoms with Gasteiger partial charge in [0.25, 0.3) is 0 Å². The van der Waals surface area contributed by atoms with Crippen LogP contribution in [0.15, 0.2) is 23.3 Å². The van der Waals surface area contributed by atoms with Crippen molar-refractivity contribution in [2.45, 2.75) is 20.0 Å². The van der Waals surface area contributed by atoms with Crippen LogP contribution in [0.2, 0.25) is 0 Å². The third-order valence-corrected chi connectivity index (χ3v) is 2.48. The molecule has 0 aliphatic heterocycles. The lowest BCUT2D eigenvalue weighted by molar-refractivity contribution is -0.137. The number of aliphatic imine (C=N–C) groups is 1. The molecule has 0 amide bonds. The predicted octanol–water partition coefficient (Wildman–Crippen LogP) is 2.71. The Labute approximate surface area is 145 Å². The van der Waals surface area contributed by atoms with E-state index < -0.39 is 11.7 Å². The molecule has 0 radical (unpaired) electrons. The number of halogens is 4. The standard InChI is InChI=1S/C13H20F3N5.HI/c1-3-17-12(18-4-2)21-9-8-20-11-10(13(14,15)16)6-5-7-19-11;/h5-7H,3-4,8-9H2,1-2H3,(H,19,20)(H2,17,18,21);1H. The normalized spacial score (nSPS) is 10.4. The van der Waals surface area contributed by atoms with Crippen molar-refractivity contribution < 1.29 is 13.2 Å². The lowest BCUT2D eigenvalue weighted by Gasteiger charge is -2.13. The summed E-state index contributed by atoms with van der Waals surface area (Å²) in [6, 6.07) is 2.27. The first-order chi connectivity index (χ1) is 9.99. The quantitative estimate of drug-likeness (QED) is 0.281. The van der Waals surface area contributed by atoms with Crippen molar-refractivity contribution in [3.05, 3.63) is 23.9 Å². The number of nitrogens with zero attached hydrogens (tertiary/aromatic N) is 2. The number of alkyl halides is 3. The third kappa shape index (κ3) is 7.14. The largest absolute Gasteiger partial charge is 0.419 e. The molecular formula is C13H21F3IN5. The van der Waals surface area contributed by atoms with Crippen LogP contribution >= 0.6 is 24.0 Å². The molecule has 0 spiro atoms. The number of rotatable bonds is 6. The van der Waals surface area contributed by atoms with Gasteiger partial charge >= 0.3 is 6.18 Å². The summed E-state index contributed by atoms with van der Waals surface area (Å²) in [4.78, 5) is 7.96. The van der Waals surface area contributed by atoms with Crippen LogP contribution in [0.25, 0.3) is 0 Å². The van der Waals surface area contributed by atoms with E-state index in [9.17, 15) is 13.2 Å². The molecule has 0 saturated heterocycles. The Bertz CT molecular complexity index is 457. The highest BCUT2D eigenvalue weighted by Gasteiger charge is 2.33.